The van der Waals surface area contributed by atoms with Crippen molar-refractivity contribution in [3.05, 3.63) is 75.5 Å². The average Bonchev–Trinajstić information content (AvgIpc) is 2.90. The SMILES string of the molecule is Fc1ccc(Cn2ccnc2-c2cc(Cl)cc(Br)c2)cc1F. The summed E-state index contributed by atoms with van der Waals surface area (Å²) in [5.74, 6) is -1.01. The standard InChI is InChI=1S/C16H10BrClF2N2/c17-12-6-11(7-13(18)8-12)16-21-3-4-22(16)9-10-1-2-14(19)15(20)5-10/h1-8H,9H2. The van der Waals surface area contributed by atoms with E-state index in [1.54, 1.807) is 30.6 Å². The Kier molecular flexibility index (Phi) is 4.27. The van der Waals surface area contributed by atoms with E-state index in [-0.39, 0.29) is 0 Å². The highest BCUT2D eigenvalue weighted by atomic mass is 79.9. The number of aromatic nitrogens is 2. The number of hydrogen-bond acceptors (Lipinski definition) is 1. The maximum atomic E-state index is 13.3. The van der Waals surface area contributed by atoms with Crippen LogP contribution in [0.3, 0.4) is 0 Å². The maximum absolute atomic E-state index is 13.3. The fraction of sp³-hybridized carbons (Fsp3) is 0.0625. The van der Waals surface area contributed by atoms with Gasteiger partial charge in [0.15, 0.2) is 11.6 Å². The first kappa shape index (κ1) is 15.2. The van der Waals surface area contributed by atoms with Gasteiger partial charge in [0.05, 0.1) is 0 Å². The molecule has 2 nitrogen and oxygen atoms in total. The minimum atomic E-state index is -0.857. The summed E-state index contributed by atoms with van der Waals surface area (Å²) in [6.07, 6.45) is 3.44. The molecule has 0 aliphatic heterocycles. The lowest BCUT2D eigenvalue weighted by atomic mass is 10.2. The molecular formula is C16H10BrClF2N2. The molecule has 0 spiro atoms. The summed E-state index contributed by atoms with van der Waals surface area (Å²) in [4.78, 5) is 4.32. The van der Waals surface area contributed by atoms with Crippen LogP contribution in [0, 0.1) is 11.6 Å². The van der Waals surface area contributed by atoms with Gasteiger partial charge in [-0.2, -0.15) is 0 Å². The van der Waals surface area contributed by atoms with E-state index in [4.69, 9.17) is 11.6 Å². The Morgan fingerprint density at radius 3 is 2.64 bits per heavy atom. The zero-order valence-electron chi connectivity index (χ0n) is 11.2. The van der Waals surface area contributed by atoms with Crippen molar-refractivity contribution in [3.63, 3.8) is 0 Å². The zero-order chi connectivity index (χ0) is 15.7. The Bertz CT molecular complexity index is 813. The van der Waals surface area contributed by atoms with Gasteiger partial charge in [0.1, 0.15) is 5.82 Å². The van der Waals surface area contributed by atoms with Crippen LogP contribution in [-0.4, -0.2) is 9.55 Å². The highest BCUT2D eigenvalue weighted by molar-refractivity contribution is 9.10. The minimum Gasteiger partial charge on any atom is -0.327 e. The Labute approximate surface area is 139 Å². The van der Waals surface area contributed by atoms with Gasteiger partial charge in [0.2, 0.25) is 0 Å². The highest BCUT2D eigenvalue weighted by Crippen LogP contribution is 2.27. The second-order valence-electron chi connectivity index (χ2n) is 4.79. The first-order valence-corrected chi connectivity index (χ1v) is 7.61. The summed E-state index contributed by atoms with van der Waals surface area (Å²) in [6, 6.07) is 9.35. The van der Waals surface area contributed by atoms with Gasteiger partial charge in [-0.25, -0.2) is 13.8 Å². The molecule has 0 atom stereocenters. The Hall–Kier alpha value is -1.72. The molecule has 0 bridgehead atoms. The van der Waals surface area contributed by atoms with Crippen LogP contribution in [0.2, 0.25) is 5.02 Å². The summed E-state index contributed by atoms with van der Waals surface area (Å²) in [7, 11) is 0. The number of imidazole rings is 1. The molecule has 0 saturated heterocycles. The largest absolute Gasteiger partial charge is 0.327 e. The number of benzene rings is 2. The van der Waals surface area contributed by atoms with Crippen LogP contribution in [0.15, 0.2) is 53.3 Å². The van der Waals surface area contributed by atoms with Gasteiger partial charge in [0.25, 0.3) is 0 Å². The third-order valence-corrected chi connectivity index (χ3v) is 3.85. The van der Waals surface area contributed by atoms with Crippen molar-refractivity contribution in [2.45, 2.75) is 6.54 Å². The molecule has 2 aromatic carbocycles. The van der Waals surface area contributed by atoms with Crippen molar-refractivity contribution in [1.82, 2.24) is 9.55 Å². The second-order valence-corrected chi connectivity index (χ2v) is 6.14. The van der Waals surface area contributed by atoms with Crippen molar-refractivity contribution < 1.29 is 8.78 Å². The number of halogens is 4. The summed E-state index contributed by atoms with van der Waals surface area (Å²) in [5.41, 5.74) is 1.49. The Morgan fingerprint density at radius 2 is 1.91 bits per heavy atom. The molecule has 0 amide bonds. The monoisotopic (exact) mass is 382 g/mol. The molecule has 3 aromatic rings. The van der Waals surface area contributed by atoms with Gasteiger partial charge in [-0.15, -0.1) is 0 Å². The maximum Gasteiger partial charge on any atom is 0.159 e. The summed E-state index contributed by atoms with van der Waals surface area (Å²) in [5, 5.41) is 0.590. The van der Waals surface area contributed by atoms with Gasteiger partial charge in [0, 0.05) is 34.0 Å². The Morgan fingerprint density at radius 1 is 1.09 bits per heavy atom. The van der Waals surface area contributed by atoms with Crippen molar-refractivity contribution in [2.75, 3.05) is 0 Å². The number of nitrogens with zero attached hydrogens (tertiary/aromatic N) is 2. The number of hydrogen-bond donors (Lipinski definition) is 0. The minimum absolute atomic E-state index is 0.386. The molecule has 3 rings (SSSR count). The first-order valence-electron chi connectivity index (χ1n) is 6.44. The van der Waals surface area contributed by atoms with Gasteiger partial charge in [-0.3, -0.25) is 0 Å². The zero-order valence-corrected chi connectivity index (χ0v) is 13.6. The highest BCUT2D eigenvalue weighted by Gasteiger charge is 2.10. The predicted octanol–water partition coefficient (Wildman–Crippen LogP) is 5.29. The van der Waals surface area contributed by atoms with E-state index in [0.717, 1.165) is 16.1 Å². The fourth-order valence-electron chi connectivity index (χ4n) is 2.21. The van der Waals surface area contributed by atoms with Crippen molar-refractivity contribution in [2.24, 2.45) is 0 Å². The first-order chi connectivity index (χ1) is 10.5. The van der Waals surface area contributed by atoms with E-state index in [1.807, 2.05) is 10.6 Å². The van der Waals surface area contributed by atoms with Crippen LogP contribution in [0.5, 0.6) is 0 Å². The topological polar surface area (TPSA) is 17.8 Å². The molecule has 0 radical (unpaired) electrons. The van der Waals surface area contributed by atoms with E-state index in [0.29, 0.717) is 23.0 Å². The van der Waals surface area contributed by atoms with Gasteiger partial charge in [-0.1, -0.05) is 33.6 Å². The van der Waals surface area contributed by atoms with Gasteiger partial charge >= 0.3 is 0 Å². The van der Waals surface area contributed by atoms with Crippen LogP contribution in [0.25, 0.3) is 11.4 Å². The fourth-order valence-corrected chi connectivity index (χ4v) is 3.07. The molecule has 0 N–H and O–H groups in total. The molecule has 6 heteroatoms. The van der Waals surface area contributed by atoms with Crippen molar-refractivity contribution in [1.29, 1.82) is 0 Å². The van der Waals surface area contributed by atoms with Crippen LogP contribution in [-0.2, 0) is 6.54 Å². The van der Waals surface area contributed by atoms with E-state index in [1.165, 1.54) is 6.07 Å². The van der Waals surface area contributed by atoms with Crippen LogP contribution in [0.4, 0.5) is 8.78 Å². The Balaban J connectivity index is 1.96. The normalized spacial score (nSPS) is 10.9. The quantitative estimate of drug-likeness (QED) is 0.601. The van der Waals surface area contributed by atoms with Crippen LogP contribution in [0.1, 0.15) is 5.56 Å². The molecule has 112 valence electrons. The lowest BCUT2D eigenvalue weighted by Gasteiger charge is -2.09. The van der Waals surface area contributed by atoms with E-state index < -0.39 is 11.6 Å². The molecule has 0 fully saturated rings. The summed E-state index contributed by atoms with van der Waals surface area (Å²) >= 11 is 9.45. The molecule has 22 heavy (non-hydrogen) atoms. The second kappa shape index (κ2) is 6.18. The van der Waals surface area contributed by atoms with Crippen LogP contribution >= 0.6 is 27.5 Å². The summed E-state index contributed by atoms with van der Waals surface area (Å²) < 4.78 is 29.0. The molecule has 0 aliphatic rings. The van der Waals surface area contributed by atoms with Crippen molar-refractivity contribution >= 4 is 27.5 Å². The molecule has 0 aliphatic carbocycles. The number of rotatable bonds is 3. The predicted molar refractivity (Wildman–Crippen MR) is 85.8 cm³/mol. The lowest BCUT2D eigenvalue weighted by Crippen LogP contribution is -2.02. The smallest absolute Gasteiger partial charge is 0.159 e. The van der Waals surface area contributed by atoms with E-state index in [2.05, 4.69) is 20.9 Å². The van der Waals surface area contributed by atoms with Gasteiger partial charge < -0.3 is 4.57 Å². The molecule has 0 saturated carbocycles. The lowest BCUT2D eigenvalue weighted by molar-refractivity contribution is 0.506. The van der Waals surface area contributed by atoms with E-state index >= 15 is 0 Å². The van der Waals surface area contributed by atoms with Crippen LogP contribution < -0.4 is 0 Å². The third-order valence-electron chi connectivity index (χ3n) is 3.17. The summed E-state index contributed by atoms with van der Waals surface area (Å²) in [6.45, 7) is 0.386. The average molecular weight is 384 g/mol. The molecular weight excluding hydrogens is 374 g/mol. The van der Waals surface area contributed by atoms with E-state index in [9.17, 15) is 8.78 Å². The molecule has 0 unspecified atom stereocenters. The molecule has 1 heterocycles. The van der Waals surface area contributed by atoms with Gasteiger partial charge in [-0.05, 0) is 35.9 Å². The molecule has 1 aromatic heterocycles. The van der Waals surface area contributed by atoms with Crippen molar-refractivity contribution in [3.8, 4) is 11.4 Å². The third kappa shape index (κ3) is 3.20.